The maximum atomic E-state index is 14.1. The molecule has 0 amide bonds. The summed E-state index contributed by atoms with van der Waals surface area (Å²) in [6, 6.07) is 7.69. The maximum absolute atomic E-state index is 14.1. The van der Waals surface area contributed by atoms with Gasteiger partial charge in [0.1, 0.15) is 11.9 Å². The average molecular weight is 423 g/mol. The van der Waals surface area contributed by atoms with Gasteiger partial charge >= 0.3 is 0 Å². The van der Waals surface area contributed by atoms with E-state index < -0.39 is 11.9 Å². The molecule has 2 aromatic carbocycles. The zero-order valence-corrected chi connectivity index (χ0v) is 14.3. The second-order valence-corrected chi connectivity index (χ2v) is 5.87. The Labute approximate surface area is 140 Å². The number of aliphatic hydroxyl groups is 1. The van der Waals surface area contributed by atoms with E-state index in [0.717, 1.165) is 3.57 Å². The molecule has 0 saturated carbocycles. The zero-order valence-electron chi connectivity index (χ0n) is 11.4. The Kier molecular flexibility index (Phi) is 5.29. The molecule has 0 bridgehead atoms. The van der Waals surface area contributed by atoms with Crippen molar-refractivity contribution in [2.45, 2.75) is 6.10 Å². The van der Waals surface area contributed by atoms with Crippen LogP contribution < -0.4 is 9.47 Å². The summed E-state index contributed by atoms with van der Waals surface area (Å²) in [4.78, 5) is 0. The summed E-state index contributed by atoms with van der Waals surface area (Å²) in [6.07, 6.45) is -1.14. The van der Waals surface area contributed by atoms with Crippen LogP contribution in [0.15, 0.2) is 30.3 Å². The van der Waals surface area contributed by atoms with E-state index in [0.29, 0.717) is 16.3 Å². The van der Waals surface area contributed by atoms with Gasteiger partial charge in [-0.15, -0.1) is 0 Å². The van der Waals surface area contributed by atoms with Gasteiger partial charge in [0.05, 0.1) is 19.2 Å². The van der Waals surface area contributed by atoms with Gasteiger partial charge < -0.3 is 14.6 Å². The van der Waals surface area contributed by atoms with Crippen molar-refractivity contribution in [3.8, 4) is 11.5 Å². The van der Waals surface area contributed by atoms with Crippen LogP contribution >= 0.6 is 34.2 Å². The van der Waals surface area contributed by atoms with Crippen LogP contribution in [0, 0.1) is 9.39 Å². The lowest BCUT2D eigenvalue weighted by atomic mass is 10.0. The molecule has 0 aliphatic heterocycles. The lowest BCUT2D eigenvalue weighted by Crippen LogP contribution is -2.04. The highest BCUT2D eigenvalue weighted by Gasteiger charge is 2.19. The number of halogens is 3. The van der Waals surface area contributed by atoms with Gasteiger partial charge in [-0.25, -0.2) is 4.39 Å². The number of methoxy groups -OCH3 is 2. The third-order valence-corrected chi connectivity index (χ3v) is 4.63. The van der Waals surface area contributed by atoms with Crippen molar-refractivity contribution in [2.24, 2.45) is 0 Å². The van der Waals surface area contributed by atoms with E-state index in [4.69, 9.17) is 21.1 Å². The molecule has 0 aromatic heterocycles. The highest BCUT2D eigenvalue weighted by Crippen LogP contribution is 2.35. The van der Waals surface area contributed by atoms with Crippen molar-refractivity contribution >= 4 is 34.2 Å². The van der Waals surface area contributed by atoms with Crippen LogP contribution in [0.2, 0.25) is 5.02 Å². The van der Waals surface area contributed by atoms with Gasteiger partial charge in [-0.2, -0.15) is 0 Å². The largest absolute Gasteiger partial charge is 0.493 e. The maximum Gasteiger partial charge on any atom is 0.163 e. The van der Waals surface area contributed by atoms with Gasteiger partial charge in [0, 0.05) is 15.2 Å². The van der Waals surface area contributed by atoms with Crippen molar-refractivity contribution in [1.82, 2.24) is 0 Å². The molecule has 0 fully saturated rings. The summed E-state index contributed by atoms with van der Waals surface area (Å²) >= 11 is 8.12. The van der Waals surface area contributed by atoms with Crippen molar-refractivity contribution < 1.29 is 19.0 Å². The van der Waals surface area contributed by atoms with Gasteiger partial charge in [0.2, 0.25) is 0 Å². The molecule has 0 aliphatic rings. The lowest BCUT2D eigenvalue weighted by molar-refractivity contribution is 0.214. The Morgan fingerprint density at radius 3 is 2.33 bits per heavy atom. The molecule has 3 nitrogen and oxygen atoms in total. The Balaban J connectivity index is 2.47. The number of hydrogen-bond donors (Lipinski definition) is 1. The molecule has 0 aliphatic carbocycles. The number of rotatable bonds is 4. The molecule has 1 N–H and O–H groups in total. The Morgan fingerprint density at radius 2 is 1.76 bits per heavy atom. The van der Waals surface area contributed by atoms with E-state index in [-0.39, 0.29) is 11.3 Å². The second kappa shape index (κ2) is 6.81. The minimum atomic E-state index is -1.14. The summed E-state index contributed by atoms with van der Waals surface area (Å²) in [5.41, 5.74) is 0.608. The summed E-state index contributed by atoms with van der Waals surface area (Å²) < 4.78 is 25.2. The molecular formula is C15H13ClFIO3. The van der Waals surface area contributed by atoms with Gasteiger partial charge in [-0.1, -0.05) is 17.7 Å². The van der Waals surface area contributed by atoms with Crippen LogP contribution in [0.4, 0.5) is 4.39 Å². The third-order valence-electron chi connectivity index (χ3n) is 3.06. The van der Waals surface area contributed by atoms with E-state index in [9.17, 15) is 9.50 Å². The highest BCUT2D eigenvalue weighted by molar-refractivity contribution is 14.1. The van der Waals surface area contributed by atoms with Crippen LogP contribution in [0.5, 0.6) is 11.5 Å². The minimum absolute atomic E-state index is 0.102. The first-order valence-corrected chi connectivity index (χ1v) is 7.48. The van der Waals surface area contributed by atoms with E-state index in [1.165, 1.54) is 26.4 Å². The lowest BCUT2D eigenvalue weighted by Gasteiger charge is -2.16. The summed E-state index contributed by atoms with van der Waals surface area (Å²) in [5.74, 6) is 0.0472. The molecule has 112 valence electrons. The highest BCUT2D eigenvalue weighted by atomic mass is 127. The van der Waals surface area contributed by atoms with Crippen LogP contribution in [0.25, 0.3) is 0 Å². The molecule has 0 radical (unpaired) electrons. The van der Waals surface area contributed by atoms with Gasteiger partial charge in [0.25, 0.3) is 0 Å². The first kappa shape index (κ1) is 16.3. The van der Waals surface area contributed by atoms with Crippen molar-refractivity contribution in [1.29, 1.82) is 0 Å². The Hall–Kier alpha value is -1.05. The molecule has 1 atom stereocenters. The quantitative estimate of drug-likeness (QED) is 0.751. The molecule has 2 rings (SSSR count). The zero-order chi connectivity index (χ0) is 15.6. The number of benzene rings is 2. The molecule has 0 spiro atoms. The van der Waals surface area contributed by atoms with Crippen molar-refractivity contribution in [3.05, 3.63) is 55.9 Å². The van der Waals surface area contributed by atoms with Gasteiger partial charge in [0.15, 0.2) is 11.5 Å². The van der Waals surface area contributed by atoms with Crippen LogP contribution in [-0.4, -0.2) is 19.3 Å². The first-order chi connectivity index (χ1) is 9.97. The summed E-state index contributed by atoms with van der Waals surface area (Å²) in [7, 11) is 2.87. The van der Waals surface area contributed by atoms with E-state index in [1.54, 1.807) is 18.2 Å². The monoisotopic (exact) mass is 422 g/mol. The number of aliphatic hydroxyl groups excluding tert-OH is 1. The number of hydrogen-bond acceptors (Lipinski definition) is 3. The molecular weight excluding hydrogens is 410 g/mol. The van der Waals surface area contributed by atoms with E-state index in [2.05, 4.69) is 22.6 Å². The van der Waals surface area contributed by atoms with Crippen molar-refractivity contribution in [2.75, 3.05) is 14.2 Å². The summed E-state index contributed by atoms with van der Waals surface area (Å²) in [6.45, 7) is 0. The van der Waals surface area contributed by atoms with Crippen LogP contribution in [0.3, 0.4) is 0 Å². The normalized spacial score (nSPS) is 12.1. The van der Waals surface area contributed by atoms with Crippen LogP contribution in [-0.2, 0) is 0 Å². The fourth-order valence-electron chi connectivity index (χ4n) is 1.94. The van der Waals surface area contributed by atoms with Crippen molar-refractivity contribution in [3.63, 3.8) is 0 Å². The smallest absolute Gasteiger partial charge is 0.163 e. The topological polar surface area (TPSA) is 38.7 Å². The number of ether oxygens (including phenoxy) is 2. The molecule has 6 heteroatoms. The second-order valence-electron chi connectivity index (χ2n) is 4.30. The van der Waals surface area contributed by atoms with Gasteiger partial charge in [-0.05, 0) is 46.4 Å². The Bertz CT molecular complexity index is 664. The summed E-state index contributed by atoms with van der Waals surface area (Å²) in [5, 5.41) is 10.9. The molecule has 1 unspecified atom stereocenters. The van der Waals surface area contributed by atoms with E-state index >= 15 is 0 Å². The SMILES string of the molecule is COc1cc(F)c(C(O)c2ccc(I)c(Cl)c2)cc1OC. The Morgan fingerprint density at radius 1 is 1.14 bits per heavy atom. The minimum Gasteiger partial charge on any atom is -0.493 e. The molecule has 2 aromatic rings. The fourth-order valence-corrected chi connectivity index (χ4v) is 2.47. The standard InChI is InChI=1S/C15H13ClFIO3/c1-20-13-6-9(11(17)7-14(13)21-2)15(19)8-3-4-12(18)10(16)5-8/h3-7,15,19H,1-2H3. The first-order valence-electron chi connectivity index (χ1n) is 6.02. The molecule has 0 saturated heterocycles. The predicted octanol–water partition coefficient (Wildman–Crippen LogP) is 4.18. The molecule has 21 heavy (non-hydrogen) atoms. The third kappa shape index (κ3) is 3.41. The van der Waals surface area contributed by atoms with E-state index in [1.807, 2.05) is 0 Å². The predicted molar refractivity (Wildman–Crippen MR) is 87.7 cm³/mol. The average Bonchev–Trinajstić information content (AvgIpc) is 2.49. The van der Waals surface area contributed by atoms with Gasteiger partial charge in [-0.3, -0.25) is 0 Å². The fraction of sp³-hybridized carbons (Fsp3) is 0.200. The van der Waals surface area contributed by atoms with Crippen LogP contribution in [0.1, 0.15) is 17.2 Å². The molecule has 0 heterocycles.